The number of hydrazone groups is 1. The smallest absolute Gasteiger partial charge is 0.343 e. The van der Waals surface area contributed by atoms with Crippen molar-refractivity contribution in [2.75, 3.05) is 0 Å². The number of carbonyl (C=O) groups is 2. The Morgan fingerprint density at radius 1 is 0.903 bits per heavy atom. The number of aryl methyl sites for hydroxylation is 1. The van der Waals surface area contributed by atoms with Gasteiger partial charge in [-0.1, -0.05) is 42.0 Å². The van der Waals surface area contributed by atoms with Gasteiger partial charge in [0.15, 0.2) is 0 Å². The molecule has 1 amide bonds. The largest absolute Gasteiger partial charge is 0.423 e. The number of hydrogen-bond acceptors (Lipinski definition) is 5. The zero-order chi connectivity index (χ0) is 21.6. The fourth-order valence-corrected chi connectivity index (χ4v) is 2.89. The second kappa shape index (κ2) is 9.00. The van der Waals surface area contributed by atoms with E-state index in [0.29, 0.717) is 11.3 Å². The molecular formula is C25H19N3O3. The number of benzene rings is 3. The second-order valence-electron chi connectivity index (χ2n) is 6.91. The van der Waals surface area contributed by atoms with E-state index in [9.17, 15) is 9.59 Å². The van der Waals surface area contributed by atoms with Crippen LogP contribution in [0.25, 0.3) is 10.9 Å². The molecule has 4 rings (SSSR count). The van der Waals surface area contributed by atoms with Gasteiger partial charge in [0, 0.05) is 5.39 Å². The van der Waals surface area contributed by atoms with Gasteiger partial charge in [-0.05, 0) is 61.0 Å². The third kappa shape index (κ3) is 5.00. The molecule has 0 fully saturated rings. The number of nitrogens with one attached hydrogen (secondary N) is 1. The van der Waals surface area contributed by atoms with Crippen LogP contribution in [0.4, 0.5) is 0 Å². The first kappa shape index (κ1) is 20.0. The van der Waals surface area contributed by atoms with Crippen LogP contribution < -0.4 is 10.2 Å². The molecule has 152 valence electrons. The highest BCUT2D eigenvalue weighted by Gasteiger charge is 2.08. The van der Waals surface area contributed by atoms with Crippen molar-refractivity contribution >= 4 is 29.0 Å². The summed E-state index contributed by atoms with van der Waals surface area (Å²) in [6, 6.07) is 25.1. The number of carbonyl (C=O) groups excluding carboxylic acids is 2. The maximum atomic E-state index is 12.3. The molecule has 3 aromatic carbocycles. The first-order chi connectivity index (χ1) is 15.1. The molecule has 6 nitrogen and oxygen atoms in total. The molecule has 1 N–H and O–H groups in total. The summed E-state index contributed by atoms with van der Waals surface area (Å²) < 4.78 is 5.37. The Bertz CT molecular complexity index is 1260. The molecule has 0 aliphatic carbocycles. The minimum atomic E-state index is -0.420. The van der Waals surface area contributed by atoms with Crippen molar-refractivity contribution < 1.29 is 14.3 Å². The van der Waals surface area contributed by atoms with E-state index in [2.05, 4.69) is 15.5 Å². The van der Waals surface area contributed by atoms with E-state index in [1.807, 2.05) is 49.4 Å². The van der Waals surface area contributed by atoms with Gasteiger partial charge in [-0.25, -0.2) is 15.2 Å². The van der Waals surface area contributed by atoms with Crippen LogP contribution in [0.2, 0.25) is 0 Å². The summed E-state index contributed by atoms with van der Waals surface area (Å²) in [6.07, 6.45) is 1.50. The van der Waals surface area contributed by atoms with Crippen molar-refractivity contribution in [3.8, 4) is 5.75 Å². The third-order valence-corrected chi connectivity index (χ3v) is 4.59. The lowest BCUT2D eigenvalue weighted by molar-refractivity contribution is 0.0734. The van der Waals surface area contributed by atoms with Gasteiger partial charge in [0.2, 0.25) is 0 Å². The lowest BCUT2D eigenvalue weighted by Gasteiger charge is -2.05. The van der Waals surface area contributed by atoms with Crippen molar-refractivity contribution in [1.29, 1.82) is 0 Å². The standard InChI is InChI=1S/C25H19N3O3/c1-17-6-10-20(11-7-17)25(30)31-21-13-8-18(9-14-21)16-26-28-24(29)23-15-12-19-4-2-3-5-22(19)27-23/h2-16H,1H3,(H,28,29). The zero-order valence-electron chi connectivity index (χ0n) is 16.8. The number of rotatable bonds is 5. The van der Waals surface area contributed by atoms with E-state index in [4.69, 9.17) is 4.74 Å². The molecule has 31 heavy (non-hydrogen) atoms. The Balaban J connectivity index is 1.35. The van der Waals surface area contributed by atoms with Crippen LogP contribution in [-0.2, 0) is 0 Å². The van der Waals surface area contributed by atoms with Gasteiger partial charge in [-0.3, -0.25) is 4.79 Å². The zero-order valence-corrected chi connectivity index (χ0v) is 16.8. The average Bonchev–Trinajstić information content (AvgIpc) is 2.80. The van der Waals surface area contributed by atoms with Crippen LogP contribution in [0.3, 0.4) is 0 Å². The Morgan fingerprint density at radius 2 is 1.65 bits per heavy atom. The molecule has 0 spiro atoms. The van der Waals surface area contributed by atoms with Crippen molar-refractivity contribution in [3.63, 3.8) is 0 Å². The summed E-state index contributed by atoms with van der Waals surface area (Å²) in [5.74, 6) is -0.394. The maximum Gasteiger partial charge on any atom is 0.343 e. The topological polar surface area (TPSA) is 80.6 Å². The molecule has 4 aromatic rings. The number of esters is 1. The third-order valence-electron chi connectivity index (χ3n) is 4.59. The van der Waals surface area contributed by atoms with E-state index in [0.717, 1.165) is 22.0 Å². The monoisotopic (exact) mass is 409 g/mol. The van der Waals surface area contributed by atoms with Gasteiger partial charge >= 0.3 is 5.97 Å². The van der Waals surface area contributed by atoms with E-state index in [-0.39, 0.29) is 5.69 Å². The predicted molar refractivity (Wildman–Crippen MR) is 119 cm³/mol. The fraction of sp³-hybridized carbons (Fsp3) is 0.0400. The summed E-state index contributed by atoms with van der Waals surface area (Å²) in [4.78, 5) is 28.8. The van der Waals surface area contributed by atoms with Crippen molar-refractivity contribution in [1.82, 2.24) is 10.4 Å². The molecule has 1 heterocycles. The van der Waals surface area contributed by atoms with E-state index >= 15 is 0 Å². The van der Waals surface area contributed by atoms with Crippen LogP contribution in [0.5, 0.6) is 5.75 Å². The minimum Gasteiger partial charge on any atom is -0.423 e. The predicted octanol–water partition coefficient (Wildman–Crippen LogP) is 4.53. The van der Waals surface area contributed by atoms with Gasteiger partial charge in [-0.15, -0.1) is 0 Å². The van der Waals surface area contributed by atoms with E-state index < -0.39 is 11.9 Å². The van der Waals surface area contributed by atoms with Gasteiger partial charge < -0.3 is 4.74 Å². The number of para-hydroxylation sites is 1. The molecule has 0 radical (unpaired) electrons. The van der Waals surface area contributed by atoms with Crippen LogP contribution in [0, 0.1) is 6.92 Å². The van der Waals surface area contributed by atoms with Gasteiger partial charge in [0.25, 0.3) is 5.91 Å². The van der Waals surface area contributed by atoms with Gasteiger partial charge in [0.1, 0.15) is 11.4 Å². The summed E-state index contributed by atoms with van der Waals surface area (Å²) in [5, 5.41) is 4.94. The number of fused-ring (bicyclic) bond motifs is 1. The Morgan fingerprint density at radius 3 is 2.42 bits per heavy atom. The van der Waals surface area contributed by atoms with Crippen LogP contribution in [0.15, 0.2) is 90.0 Å². The SMILES string of the molecule is Cc1ccc(C(=O)Oc2ccc(C=NNC(=O)c3ccc4ccccc4n3)cc2)cc1. The molecule has 6 heteroatoms. The van der Waals surface area contributed by atoms with Crippen molar-refractivity contribution in [2.24, 2.45) is 5.10 Å². The second-order valence-corrected chi connectivity index (χ2v) is 6.91. The molecule has 0 aliphatic rings. The number of pyridine rings is 1. The molecule has 1 aromatic heterocycles. The quantitative estimate of drug-likeness (QED) is 0.227. The fourth-order valence-electron chi connectivity index (χ4n) is 2.89. The number of ether oxygens (including phenoxy) is 1. The van der Waals surface area contributed by atoms with Gasteiger partial charge in [-0.2, -0.15) is 5.10 Å². The molecular weight excluding hydrogens is 390 g/mol. The molecule has 0 bridgehead atoms. The highest BCUT2D eigenvalue weighted by Crippen LogP contribution is 2.14. The molecule has 0 atom stereocenters. The maximum absolute atomic E-state index is 12.3. The van der Waals surface area contributed by atoms with E-state index in [1.54, 1.807) is 42.5 Å². The van der Waals surface area contributed by atoms with Crippen molar-refractivity contribution in [2.45, 2.75) is 6.92 Å². The van der Waals surface area contributed by atoms with Gasteiger partial charge in [0.05, 0.1) is 17.3 Å². The lowest BCUT2D eigenvalue weighted by Crippen LogP contribution is -2.18. The summed E-state index contributed by atoms with van der Waals surface area (Å²) in [5.41, 5.74) is 5.80. The number of nitrogens with zero attached hydrogens (tertiary/aromatic N) is 2. The number of hydrogen-bond donors (Lipinski definition) is 1. The minimum absolute atomic E-state index is 0.286. The van der Waals surface area contributed by atoms with Crippen LogP contribution in [-0.4, -0.2) is 23.1 Å². The number of aromatic nitrogens is 1. The normalized spacial score (nSPS) is 10.9. The van der Waals surface area contributed by atoms with Crippen molar-refractivity contribution in [3.05, 3.63) is 107 Å². The first-order valence-electron chi connectivity index (χ1n) is 9.66. The molecule has 0 saturated carbocycles. The Kier molecular flexibility index (Phi) is 5.80. The molecule has 0 aliphatic heterocycles. The van der Waals surface area contributed by atoms with Crippen LogP contribution in [0.1, 0.15) is 32.0 Å². The average molecular weight is 409 g/mol. The molecule has 0 unspecified atom stereocenters. The summed E-state index contributed by atoms with van der Waals surface area (Å²) >= 11 is 0. The summed E-state index contributed by atoms with van der Waals surface area (Å²) in [7, 11) is 0. The highest BCUT2D eigenvalue weighted by molar-refractivity contribution is 5.95. The number of amides is 1. The highest BCUT2D eigenvalue weighted by atomic mass is 16.5. The van der Waals surface area contributed by atoms with Crippen LogP contribution >= 0.6 is 0 Å². The molecule has 0 saturated heterocycles. The Hall–Kier alpha value is -4.32. The first-order valence-corrected chi connectivity index (χ1v) is 9.66. The van der Waals surface area contributed by atoms with E-state index in [1.165, 1.54) is 6.21 Å². The summed E-state index contributed by atoms with van der Waals surface area (Å²) in [6.45, 7) is 1.95. The lowest BCUT2D eigenvalue weighted by atomic mass is 10.1. The Labute approximate surface area is 179 Å².